The average molecular weight is 375 g/mol. The van der Waals surface area contributed by atoms with Crippen LogP contribution in [0.15, 0.2) is 91.0 Å². The van der Waals surface area contributed by atoms with Gasteiger partial charge < -0.3 is 4.74 Å². The van der Waals surface area contributed by atoms with E-state index in [9.17, 15) is 4.79 Å². The van der Waals surface area contributed by atoms with Gasteiger partial charge in [0.15, 0.2) is 0 Å². The molecule has 0 aromatic heterocycles. The minimum Gasteiger partial charge on any atom is -0.426 e. The third kappa shape index (κ3) is 3.96. The van der Waals surface area contributed by atoms with Crippen molar-refractivity contribution in [3.05, 3.63) is 113 Å². The van der Waals surface area contributed by atoms with Gasteiger partial charge in [0.1, 0.15) is 5.76 Å². The minimum atomic E-state index is -0.277. The van der Waals surface area contributed by atoms with Crippen molar-refractivity contribution in [2.45, 2.75) is 12.3 Å². The zero-order valence-corrected chi connectivity index (χ0v) is 15.5. The number of ether oxygens (including phenoxy) is 1. The highest BCUT2D eigenvalue weighted by atomic mass is 35.5. The summed E-state index contributed by atoms with van der Waals surface area (Å²) >= 11 is 6.06. The first kappa shape index (κ1) is 17.6. The lowest BCUT2D eigenvalue weighted by Crippen LogP contribution is -2.29. The number of allylic oxidation sites excluding steroid dienone is 1. The second-order valence-electron chi connectivity index (χ2n) is 6.69. The molecule has 0 spiro atoms. The monoisotopic (exact) mass is 374 g/mol. The van der Waals surface area contributed by atoms with Crippen LogP contribution in [0.5, 0.6) is 0 Å². The van der Waals surface area contributed by atoms with Crippen LogP contribution in [-0.2, 0) is 16.0 Å². The molecule has 0 bridgehead atoms. The Morgan fingerprint density at radius 1 is 0.815 bits per heavy atom. The summed E-state index contributed by atoms with van der Waals surface area (Å²) in [7, 11) is 0. The van der Waals surface area contributed by atoms with Crippen LogP contribution >= 0.6 is 11.6 Å². The Hall–Kier alpha value is -2.84. The van der Waals surface area contributed by atoms with Gasteiger partial charge in [0.05, 0.1) is 5.92 Å². The number of carbonyl (C=O) groups is 1. The van der Waals surface area contributed by atoms with E-state index in [0.717, 1.165) is 16.7 Å². The van der Waals surface area contributed by atoms with Crippen LogP contribution in [-0.4, -0.2) is 5.97 Å². The van der Waals surface area contributed by atoms with Gasteiger partial charge in [0.2, 0.25) is 0 Å². The summed E-state index contributed by atoms with van der Waals surface area (Å²) in [5.41, 5.74) is 3.09. The molecule has 1 aliphatic rings. The van der Waals surface area contributed by atoms with Gasteiger partial charge in [-0.3, -0.25) is 4.79 Å². The minimum absolute atomic E-state index is 0.0704. The van der Waals surface area contributed by atoms with Crippen LogP contribution in [0.25, 0.3) is 5.76 Å². The van der Waals surface area contributed by atoms with Crippen molar-refractivity contribution < 1.29 is 9.53 Å². The zero-order valence-electron chi connectivity index (χ0n) is 14.7. The molecule has 0 saturated heterocycles. The lowest BCUT2D eigenvalue weighted by molar-refractivity contribution is -0.142. The number of halogens is 1. The highest BCUT2D eigenvalue weighted by Crippen LogP contribution is 2.38. The van der Waals surface area contributed by atoms with Gasteiger partial charge in [-0.2, -0.15) is 0 Å². The SMILES string of the molecule is O=C1OC(c2ccccc2)=C[C@H](c2ccc(Cl)cc2)[C@@H]1Cc1ccccc1. The van der Waals surface area contributed by atoms with Crippen molar-refractivity contribution in [1.82, 2.24) is 0 Å². The third-order valence-corrected chi connectivity index (χ3v) is 5.14. The Balaban J connectivity index is 1.74. The van der Waals surface area contributed by atoms with E-state index in [2.05, 4.69) is 6.08 Å². The smallest absolute Gasteiger partial charge is 0.315 e. The quantitative estimate of drug-likeness (QED) is 0.533. The van der Waals surface area contributed by atoms with E-state index in [4.69, 9.17) is 16.3 Å². The third-order valence-electron chi connectivity index (χ3n) is 4.89. The summed E-state index contributed by atoms with van der Waals surface area (Å²) in [6, 6.07) is 27.5. The van der Waals surface area contributed by atoms with Crippen molar-refractivity contribution in [3.8, 4) is 0 Å². The van der Waals surface area contributed by atoms with Crippen LogP contribution < -0.4 is 0 Å². The Kier molecular flexibility index (Phi) is 5.08. The van der Waals surface area contributed by atoms with E-state index < -0.39 is 0 Å². The maximum Gasteiger partial charge on any atom is 0.315 e. The Bertz CT molecular complexity index is 947. The van der Waals surface area contributed by atoms with Crippen LogP contribution in [0.4, 0.5) is 0 Å². The number of benzene rings is 3. The number of carbonyl (C=O) groups excluding carboxylic acids is 1. The molecule has 0 unspecified atom stereocenters. The van der Waals surface area contributed by atoms with Crippen LogP contribution in [0.2, 0.25) is 5.02 Å². The molecule has 0 amide bonds. The normalized spacial score (nSPS) is 19.3. The summed E-state index contributed by atoms with van der Waals surface area (Å²) in [5.74, 6) is 0.0741. The molecular weight excluding hydrogens is 356 g/mol. The highest BCUT2D eigenvalue weighted by Gasteiger charge is 2.35. The largest absolute Gasteiger partial charge is 0.426 e. The van der Waals surface area contributed by atoms with E-state index in [1.807, 2.05) is 84.9 Å². The van der Waals surface area contributed by atoms with E-state index >= 15 is 0 Å². The van der Waals surface area contributed by atoms with Crippen molar-refractivity contribution in [3.63, 3.8) is 0 Å². The standard InChI is InChI=1S/C24H19ClO2/c25-20-13-11-18(12-14-20)21-16-23(19-9-5-2-6-10-19)27-24(26)22(21)15-17-7-3-1-4-8-17/h1-14,16,21-22H,15H2/t21-,22+/m1/s1. The summed E-state index contributed by atoms with van der Waals surface area (Å²) < 4.78 is 5.73. The molecule has 134 valence electrons. The van der Waals surface area contributed by atoms with Crippen LogP contribution in [0, 0.1) is 5.92 Å². The molecule has 0 radical (unpaired) electrons. The van der Waals surface area contributed by atoms with Gasteiger partial charge in [-0.25, -0.2) is 0 Å². The summed E-state index contributed by atoms with van der Waals surface area (Å²) in [6.45, 7) is 0. The Morgan fingerprint density at radius 2 is 1.44 bits per heavy atom. The molecule has 1 aliphatic heterocycles. The van der Waals surface area contributed by atoms with Gasteiger partial charge in [-0.15, -0.1) is 0 Å². The molecule has 0 fully saturated rings. The van der Waals surface area contributed by atoms with Gasteiger partial charge in [-0.05, 0) is 35.8 Å². The van der Waals surface area contributed by atoms with E-state index in [1.54, 1.807) is 0 Å². The zero-order chi connectivity index (χ0) is 18.6. The first-order valence-electron chi connectivity index (χ1n) is 8.99. The molecule has 3 heteroatoms. The number of rotatable bonds is 4. The van der Waals surface area contributed by atoms with E-state index in [0.29, 0.717) is 17.2 Å². The molecular formula is C24H19ClO2. The summed E-state index contributed by atoms with van der Waals surface area (Å²) in [5, 5.41) is 0.684. The maximum atomic E-state index is 12.9. The molecule has 0 aliphatic carbocycles. The molecule has 0 N–H and O–H groups in total. The van der Waals surface area contributed by atoms with Gasteiger partial charge >= 0.3 is 5.97 Å². The highest BCUT2D eigenvalue weighted by molar-refractivity contribution is 6.30. The number of hydrogen-bond acceptors (Lipinski definition) is 2. The number of esters is 1. The predicted molar refractivity (Wildman–Crippen MR) is 108 cm³/mol. The topological polar surface area (TPSA) is 26.3 Å². The predicted octanol–water partition coefficient (Wildman–Crippen LogP) is 5.88. The molecule has 27 heavy (non-hydrogen) atoms. The number of cyclic esters (lactones) is 1. The molecule has 3 aromatic carbocycles. The van der Waals surface area contributed by atoms with Gasteiger partial charge in [-0.1, -0.05) is 84.4 Å². The first-order chi connectivity index (χ1) is 13.2. The van der Waals surface area contributed by atoms with E-state index in [1.165, 1.54) is 0 Å². The average Bonchev–Trinajstić information content (AvgIpc) is 2.71. The van der Waals surface area contributed by atoms with Crippen molar-refractivity contribution in [2.24, 2.45) is 5.92 Å². The summed E-state index contributed by atoms with van der Waals surface area (Å²) in [4.78, 5) is 12.9. The van der Waals surface area contributed by atoms with Gasteiger partial charge in [0.25, 0.3) is 0 Å². The maximum absolute atomic E-state index is 12.9. The molecule has 3 aromatic rings. The fourth-order valence-electron chi connectivity index (χ4n) is 3.49. The fourth-order valence-corrected chi connectivity index (χ4v) is 3.62. The van der Waals surface area contributed by atoms with Crippen molar-refractivity contribution >= 4 is 23.3 Å². The molecule has 1 heterocycles. The molecule has 2 atom stereocenters. The van der Waals surface area contributed by atoms with Crippen molar-refractivity contribution in [1.29, 1.82) is 0 Å². The van der Waals surface area contributed by atoms with Crippen molar-refractivity contribution in [2.75, 3.05) is 0 Å². The lowest BCUT2D eigenvalue weighted by Gasteiger charge is -2.29. The molecule has 2 nitrogen and oxygen atoms in total. The fraction of sp³-hybridized carbons (Fsp3) is 0.125. The van der Waals surface area contributed by atoms with Crippen LogP contribution in [0.1, 0.15) is 22.6 Å². The van der Waals surface area contributed by atoms with E-state index in [-0.39, 0.29) is 17.8 Å². The first-order valence-corrected chi connectivity index (χ1v) is 9.37. The summed E-state index contributed by atoms with van der Waals surface area (Å²) in [6.07, 6.45) is 2.69. The second-order valence-corrected chi connectivity index (χ2v) is 7.13. The molecule has 0 saturated carbocycles. The second kappa shape index (κ2) is 7.81. The van der Waals surface area contributed by atoms with Crippen LogP contribution in [0.3, 0.4) is 0 Å². The Morgan fingerprint density at radius 3 is 2.11 bits per heavy atom. The van der Waals surface area contributed by atoms with Gasteiger partial charge in [0, 0.05) is 16.5 Å². The Labute approximate surface area is 164 Å². The number of hydrogen-bond donors (Lipinski definition) is 0. The molecule has 4 rings (SSSR count). The lowest BCUT2D eigenvalue weighted by atomic mass is 9.80.